The van der Waals surface area contributed by atoms with E-state index < -0.39 is 16.4 Å². The Balaban J connectivity index is 3.02. The van der Waals surface area contributed by atoms with Gasteiger partial charge in [-0.2, -0.15) is 0 Å². The van der Waals surface area contributed by atoms with Gasteiger partial charge in [-0.05, 0) is 12.5 Å². The maximum Gasteiger partial charge on any atom is 0.320 e. The fraction of sp³-hybridized carbons (Fsp3) is 0.300. The van der Waals surface area contributed by atoms with Crippen molar-refractivity contribution in [1.29, 1.82) is 0 Å². The van der Waals surface area contributed by atoms with Crippen LogP contribution >= 0.6 is 15.9 Å². The molecule has 0 saturated carbocycles. The molecule has 14 heavy (non-hydrogen) atoms. The van der Waals surface area contributed by atoms with Gasteiger partial charge in [-0.15, -0.1) is 0 Å². The number of carboxylic acid groups (broad SMARTS) is 1. The molecule has 0 radical (unpaired) electrons. The summed E-state index contributed by atoms with van der Waals surface area (Å²) >= 11 is 2.95. The number of carboxylic acids is 1. The van der Waals surface area contributed by atoms with Crippen molar-refractivity contribution in [2.75, 3.05) is 0 Å². The molecule has 0 aliphatic rings. The van der Waals surface area contributed by atoms with E-state index in [1.807, 2.05) is 6.07 Å². The van der Waals surface area contributed by atoms with Crippen LogP contribution in [0.25, 0.3) is 0 Å². The summed E-state index contributed by atoms with van der Waals surface area (Å²) in [5, 5.41) is 18.8. The normalized spacial score (nSPS) is 17.1. The molecule has 0 unspecified atom stereocenters. The number of alkyl halides is 1. The molecular weight excluding hydrogens is 248 g/mol. The number of aliphatic carboxylic acids is 1. The lowest BCUT2D eigenvalue weighted by atomic mass is 9.93. The molecule has 0 spiro atoms. The Hall–Kier alpha value is -0.870. The lowest BCUT2D eigenvalue weighted by molar-refractivity contribution is -0.140. The highest BCUT2D eigenvalue weighted by molar-refractivity contribution is 9.10. The SMILES string of the molecule is C[C@@](O)(c1ccccc1)[C@@H](Br)C(=O)O. The van der Waals surface area contributed by atoms with Crippen LogP contribution in [0.5, 0.6) is 0 Å². The van der Waals surface area contributed by atoms with Crippen LogP contribution < -0.4 is 0 Å². The molecule has 1 aromatic carbocycles. The molecule has 0 fully saturated rings. The van der Waals surface area contributed by atoms with Gasteiger partial charge < -0.3 is 10.2 Å². The Kier molecular flexibility index (Phi) is 3.29. The molecule has 0 aliphatic carbocycles. The van der Waals surface area contributed by atoms with Gasteiger partial charge in [0.1, 0.15) is 10.4 Å². The van der Waals surface area contributed by atoms with Gasteiger partial charge in [-0.25, -0.2) is 0 Å². The Morgan fingerprint density at radius 2 is 1.93 bits per heavy atom. The second-order valence-electron chi connectivity index (χ2n) is 3.21. The third-order valence-electron chi connectivity index (χ3n) is 2.07. The first-order valence-electron chi connectivity index (χ1n) is 4.11. The summed E-state index contributed by atoms with van der Waals surface area (Å²) < 4.78 is 0. The van der Waals surface area contributed by atoms with Crippen molar-refractivity contribution in [2.24, 2.45) is 0 Å². The first-order chi connectivity index (χ1) is 6.46. The summed E-state index contributed by atoms with van der Waals surface area (Å²) in [6, 6.07) is 8.70. The molecule has 1 rings (SSSR count). The second-order valence-corrected chi connectivity index (χ2v) is 4.13. The van der Waals surface area contributed by atoms with E-state index in [0.29, 0.717) is 5.56 Å². The highest BCUT2D eigenvalue weighted by Crippen LogP contribution is 2.29. The van der Waals surface area contributed by atoms with Crippen LogP contribution in [0.15, 0.2) is 30.3 Å². The fourth-order valence-corrected chi connectivity index (χ4v) is 1.43. The molecule has 3 nitrogen and oxygen atoms in total. The van der Waals surface area contributed by atoms with Crippen molar-refractivity contribution < 1.29 is 15.0 Å². The number of carbonyl (C=O) groups is 1. The van der Waals surface area contributed by atoms with Crippen molar-refractivity contribution in [3.63, 3.8) is 0 Å². The molecule has 0 aliphatic heterocycles. The highest BCUT2D eigenvalue weighted by atomic mass is 79.9. The zero-order chi connectivity index (χ0) is 10.8. The predicted molar refractivity (Wildman–Crippen MR) is 56.4 cm³/mol. The molecule has 0 bridgehead atoms. The van der Waals surface area contributed by atoms with Gasteiger partial charge in [0.25, 0.3) is 0 Å². The standard InChI is InChI=1S/C10H11BrO3/c1-10(14,8(11)9(12)13)7-5-3-2-4-6-7/h2-6,8,14H,1H3,(H,12,13)/t8-,10+/m0/s1. The molecule has 1 aromatic rings. The van der Waals surface area contributed by atoms with E-state index in [4.69, 9.17) is 5.11 Å². The van der Waals surface area contributed by atoms with Gasteiger partial charge in [0.05, 0.1) is 0 Å². The average molecular weight is 259 g/mol. The fourth-order valence-electron chi connectivity index (χ4n) is 1.16. The van der Waals surface area contributed by atoms with Crippen molar-refractivity contribution in [1.82, 2.24) is 0 Å². The van der Waals surface area contributed by atoms with Crippen LogP contribution in [-0.2, 0) is 10.4 Å². The number of rotatable bonds is 3. The molecule has 4 heteroatoms. The number of hydrogen-bond acceptors (Lipinski definition) is 2. The van der Waals surface area contributed by atoms with Gasteiger partial charge in [-0.3, -0.25) is 4.79 Å². The van der Waals surface area contributed by atoms with Gasteiger partial charge in [0.15, 0.2) is 0 Å². The molecule has 0 amide bonds. The van der Waals surface area contributed by atoms with Crippen molar-refractivity contribution in [3.8, 4) is 0 Å². The second kappa shape index (κ2) is 4.11. The zero-order valence-corrected chi connectivity index (χ0v) is 9.23. The van der Waals surface area contributed by atoms with E-state index in [1.54, 1.807) is 24.3 Å². The highest BCUT2D eigenvalue weighted by Gasteiger charge is 2.36. The summed E-state index contributed by atoms with van der Waals surface area (Å²) in [4.78, 5) is 9.70. The summed E-state index contributed by atoms with van der Waals surface area (Å²) in [5.41, 5.74) is -0.836. The average Bonchev–Trinajstić information content (AvgIpc) is 2.18. The summed E-state index contributed by atoms with van der Waals surface area (Å²) in [6.07, 6.45) is 0. The van der Waals surface area contributed by atoms with Crippen LogP contribution in [0.1, 0.15) is 12.5 Å². The third-order valence-corrected chi connectivity index (χ3v) is 3.35. The number of hydrogen-bond donors (Lipinski definition) is 2. The molecular formula is C10H11BrO3. The number of benzene rings is 1. The molecule has 2 atom stereocenters. The van der Waals surface area contributed by atoms with Crippen molar-refractivity contribution in [3.05, 3.63) is 35.9 Å². The molecule has 0 heterocycles. The Morgan fingerprint density at radius 3 is 2.36 bits per heavy atom. The minimum absolute atomic E-state index is 0.573. The van der Waals surface area contributed by atoms with E-state index in [0.717, 1.165) is 0 Å². The maximum absolute atomic E-state index is 10.7. The van der Waals surface area contributed by atoms with Gasteiger partial charge >= 0.3 is 5.97 Å². The molecule has 0 saturated heterocycles. The van der Waals surface area contributed by atoms with E-state index >= 15 is 0 Å². The lowest BCUT2D eigenvalue weighted by Crippen LogP contribution is -2.37. The van der Waals surface area contributed by atoms with E-state index in [2.05, 4.69) is 15.9 Å². The van der Waals surface area contributed by atoms with Gasteiger partial charge in [0.2, 0.25) is 0 Å². The quantitative estimate of drug-likeness (QED) is 0.813. The van der Waals surface area contributed by atoms with Crippen LogP contribution in [0.3, 0.4) is 0 Å². The first-order valence-corrected chi connectivity index (χ1v) is 5.02. The number of halogens is 1. The van der Waals surface area contributed by atoms with Crippen LogP contribution in [-0.4, -0.2) is 21.0 Å². The molecule has 0 aromatic heterocycles. The Morgan fingerprint density at radius 1 is 1.43 bits per heavy atom. The summed E-state index contributed by atoms with van der Waals surface area (Å²) in [5.74, 6) is -1.08. The molecule has 76 valence electrons. The maximum atomic E-state index is 10.7. The first kappa shape index (κ1) is 11.2. The van der Waals surface area contributed by atoms with E-state index in [9.17, 15) is 9.90 Å². The van der Waals surface area contributed by atoms with Crippen molar-refractivity contribution >= 4 is 21.9 Å². The van der Waals surface area contributed by atoms with Gasteiger partial charge in [-0.1, -0.05) is 46.3 Å². The molecule has 2 N–H and O–H groups in total. The van der Waals surface area contributed by atoms with Crippen LogP contribution in [0.4, 0.5) is 0 Å². The number of aliphatic hydroxyl groups is 1. The Bertz CT molecular complexity index is 321. The topological polar surface area (TPSA) is 57.5 Å². The minimum Gasteiger partial charge on any atom is -0.480 e. The van der Waals surface area contributed by atoms with Gasteiger partial charge in [0, 0.05) is 0 Å². The zero-order valence-electron chi connectivity index (χ0n) is 7.64. The van der Waals surface area contributed by atoms with Crippen molar-refractivity contribution in [2.45, 2.75) is 17.4 Å². The van der Waals surface area contributed by atoms with Crippen LogP contribution in [0.2, 0.25) is 0 Å². The van der Waals surface area contributed by atoms with E-state index in [1.165, 1.54) is 6.92 Å². The Labute approximate surface area is 90.5 Å². The lowest BCUT2D eigenvalue weighted by Gasteiger charge is -2.26. The monoisotopic (exact) mass is 258 g/mol. The third kappa shape index (κ3) is 2.13. The van der Waals surface area contributed by atoms with E-state index in [-0.39, 0.29) is 0 Å². The summed E-state index contributed by atoms with van der Waals surface area (Å²) in [6.45, 7) is 1.47. The predicted octanol–water partition coefficient (Wildman–Crippen LogP) is 1.74. The van der Waals surface area contributed by atoms with Crippen LogP contribution in [0, 0.1) is 0 Å². The summed E-state index contributed by atoms with van der Waals surface area (Å²) in [7, 11) is 0. The largest absolute Gasteiger partial charge is 0.480 e. The minimum atomic E-state index is -1.41. The smallest absolute Gasteiger partial charge is 0.320 e.